The summed E-state index contributed by atoms with van der Waals surface area (Å²) >= 11 is 0. The molecule has 5 rings (SSSR count). The molecule has 2 aromatic heterocycles. The Labute approximate surface area is 206 Å². The average Bonchev–Trinajstić information content (AvgIpc) is 3.30. The first-order valence-electron chi connectivity index (χ1n) is 11.6. The van der Waals surface area contributed by atoms with E-state index in [1.54, 1.807) is 7.11 Å². The van der Waals surface area contributed by atoms with Gasteiger partial charge in [0.25, 0.3) is 5.56 Å². The number of nitrogens with one attached hydrogen (secondary N) is 1. The van der Waals surface area contributed by atoms with Gasteiger partial charge < -0.3 is 14.3 Å². The van der Waals surface area contributed by atoms with E-state index in [9.17, 15) is 18.0 Å². The Hall–Kier alpha value is -3.85. The number of alkyl halides is 3. The fraction of sp³-hybridized carbons (Fsp3) is 0.259. The molecule has 1 N–H and O–H groups in total. The van der Waals surface area contributed by atoms with Crippen LogP contribution < -0.4 is 10.3 Å². The highest BCUT2D eigenvalue weighted by atomic mass is 19.4. The molecule has 3 heterocycles. The number of halogens is 3. The van der Waals surface area contributed by atoms with E-state index in [0.29, 0.717) is 36.3 Å². The summed E-state index contributed by atoms with van der Waals surface area (Å²) in [5, 5.41) is 0. The van der Waals surface area contributed by atoms with Gasteiger partial charge in [0.1, 0.15) is 11.6 Å². The van der Waals surface area contributed by atoms with E-state index in [0.717, 1.165) is 42.2 Å². The number of aromatic nitrogens is 3. The smallest absolute Gasteiger partial charge is 0.416 e. The first-order valence-corrected chi connectivity index (χ1v) is 11.6. The van der Waals surface area contributed by atoms with Crippen molar-refractivity contribution in [3.05, 3.63) is 105 Å². The summed E-state index contributed by atoms with van der Waals surface area (Å²) in [4.78, 5) is 22.4. The zero-order chi connectivity index (χ0) is 25.3. The van der Waals surface area contributed by atoms with Gasteiger partial charge in [-0.1, -0.05) is 24.3 Å². The largest absolute Gasteiger partial charge is 0.497 e. The second kappa shape index (κ2) is 9.66. The van der Waals surface area contributed by atoms with Crippen molar-refractivity contribution in [1.29, 1.82) is 0 Å². The van der Waals surface area contributed by atoms with Gasteiger partial charge in [-0.2, -0.15) is 13.2 Å². The lowest BCUT2D eigenvalue weighted by atomic mass is 10.1. The Morgan fingerprint density at radius 1 is 1.03 bits per heavy atom. The summed E-state index contributed by atoms with van der Waals surface area (Å²) in [5.41, 5.74) is 3.05. The monoisotopic (exact) mass is 494 g/mol. The topological polar surface area (TPSA) is 63.1 Å². The SMILES string of the molecule is COc1ccc(Cn2cccc2CN2CCc3nc(-c4ccc(C(F)(F)F)cc4)[nH]c(=O)c3C2)cc1. The minimum Gasteiger partial charge on any atom is -0.497 e. The number of methoxy groups -OCH3 is 1. The predicted molar refractivity (Wildman–Crippen MR) is 130 cm³/mol. The zero-order valence-electron chi connectivity index (χ0n) is 19.7. The molecular formula is C27H25F3N4O2. The van der Waals surface area contributed by atoms with Gasteiger partial charge in [-0.3, -0.25) is 9.69 Å². The molecule has 0 amide bonds. The van der Waals surface area contributed by atoms with Gasteiger partial charge in [0.15, 0.2) is 0 Å². The van der Waals surface area contributed by atoms with Crippen LogP contribution in [0.5, 0.6) is 5.75 Å². The molecule has 0 spiro atoms. The van der Waals surface area contributed by atoms with E-state index in [1.807, 2.05) is 36.5 Å². The molecule has 36 heavy (non-hydrogen) atoms. The number of H-pyrrole nitrogens is 1. The third-order valence-electron chi connectivity index (χ3n) is 6.45. The lowest BCUT2D eigenvalue weighted by Gasteiger charge is -2.28. The Kier molecular flexibility index (Phi) is 6.40. The van der Waals surface area contributed by atoms with Gasteiger partial charge >= 0.3 is 6.18 Å². The van der Waals surface area contributed by atoms with Crippen LogP contribution in [0.15, 0.2) is 71.7 Å². The molecule has 6 nitrogen and oxygen atoms in total. The lowest BCUT2D eigenvalue weighted by Crippen LogP contribution is -2.36. The molecule has 4 aromatic rings. The highest BCUT2D eigenvalue weighted by molar-refractivity contribution is 5.56. The number of hydrogen-bond acceptors (Lipinski definition) is 4. The van der Waals surface area contributed by atoms with Crippen LogP contribution in [0.1, 0.15) is 28.1 Å². The maximum atomic E-state index is 12.9. The van der Waals surface area contributed by atoms with Gasteiger partial charge in [0, 0.05) is 50.1 Å². The standard InChI is InChI=1S/C27H25F3N4O2/c1-36-22-10-4-18(5-11-22)15-34-13-2-3-21(34)16-33-14-12-24-23(17-33)26(35)32-25(31-24)19-6-8-20(9-7-19)27(28,29)30/h2-11,13H,12,14-17H2,1H3,(H,31,32,35). The zero-order valence-corrected chi connectivity index (χ0v) is 19.7. The maximum absolute atomic E-state index is 12.9. The van der Waals surface area contributed by atoms with Crippen molar-refractivity contribution >= 4 is 0 Å². The fourth-order valence-electron chi connectivity index (χ4n) is 4.47. The molecule has 0 atom stereocenters. The van der Waals surface area contributed by atoms with Gasteiger partial charge in [0.05, 0.1) is 23.9 Å². The summed E-state index contributed by atoms with van der Waals surface area (Å²) in [5.74, 6) is 1.10. The van der Waals surface area contributed by atoms with Crippen molar-refractivity contribution in [2.24, 2.45) is 0 Å². The van der Waals surface area contributed by atoms with Crippen molar-refractivity contribution in [3.63, 3.8) is 0 Å². The molecule has 0 saturated heterocycles. The van der Waals surface area contributed by atoms with Crippen LogP contribution in [-0.4, -0.2) is 33.1 Å². The van der Waals surface area contributed by atoms with Crippen molar-refractivity contribution < 1.29 is 17.9 Å². The molecule has 1 aliphatic rings. The van der Waals surface area contributed by atoms with Crippen LogP contribution in [0, 0.1) is 0 Å². The highest BCUT2D eigenvalue weighted by Gasteiger charge is 2.30. The average molecular weight is 495 g/mol. The van der Waals surface area contributed by atoms with Crippen LogP contribution >= 0.6 is 0 Å². The first kappa shape index (κ1) is 23.9. The molecule has 0 aliphatic carbocycles. The first-order chi connectivity index (χ1) is 17.3. The summed E-state index contributed by atoms with van der Waals surface area (Å²) in [7, 11) is 1.64. The highest BCUT2D eigenvalue weighted by Crippen LogP contribution is 2.30. The molecule has 186 valence electrons. The maximum Gasteiger partial charge on any atom is 0.416 e. The van der Waals surface area contributed by atoms with Crippen molar-refractivity contribution in [1.82, 2.24) is 19.4 Å². The number of benzene rings is 2. The molecule has 0 saturated carbocycles. The van der Waals surface area contributed by atoms with Crippen LogP contribution in [0.2, 0.25) is 0 Å². The number of ether oxygens (including phenoxy) is 1. The van der Waals surface area contributed by atoms with E-state index >= 15 is 0 Å². The predicted octanol–water partition coefficient (Wildman–Crippen LogP) is 4.87. The Morgan fingerprint density at radius 2 is 1.78 bits per heavy atom. The van der Waals surface area contributed by atoms with E-state index < -0.39 is 11.7 Å². The van der Waals surface area contributed by atoms with E-state index in [1.165, 1.54) is 12.1 Å². The normalized spacial score (nSPS) is 14.0. The molecule has 0 fully saturated rings. The van der Waals surface area contributed by atoms with Crippen LogP contribution in [0.3, 0.4) is 0 Å². The Morgan fingerprint density at radius 3 is 2.47 bits per heavy atom. The summed E-state index contributed by atoms with van der Waals surface area (Å²) in [6.07, 6.45) is -1.78. The second-order valence-corrected chi connectivity index (χ2v) is 8.85. The van der Waals surface area contributed by atoms with E-state index in [4.69, 9.17) is 4.74 Å². The van der Waals surface area contributed by atoms with Gasteiger partial charge in [-0.25, -0.2) is 4.98 Å². The summed E-state index contributed by atoms with van der Waals surface area (Å²) < 4.78 is 46.0. The summed E-state index contributed by atoms with van der Waals surface area (Å²) in [6, 6.07) is 16.7. The second-order valence-electron chi connectivity index (χ2n) is 8.85. The molecule has 9 heteroatoms. The number of rotatable bonds is 6. The van der Waals surface area contributed by atoms with Crippen molar-refractivity contribution in [2.45, 2.75) is 32.2 Å². The Bertz CT molecular complexity index is 1410. The molecule has 1 aliphatic heterocycles. The third kappa shape index (κ3) is 5.06. The van der Waals surface area contributed by atoms with Crippen LogP contribution in [0.4, 0.5) is 13.2 Å². The number of aromatic amines is 1. The Balaban J connectivity index is 1.30. The minimum absolute atomic E-state index is 0.256. The fourth-order valence-corrected chi connectivity index (χ4v) is 4.47. The number of hydrogen-bond donors (Lipinski definition) is 1. The van der Waals surface area contributed by atoms with Gasteiger partial charge in [-0.05, 0) is 42.0 Å². The van der Waals surface area contributed by atoms with Crippen LogP contribution in [-0.2, 0) is 32.2 Å². The molecular weight excluding hydrogens is 469 g/mol. The summed E-state index contributed by atoms with van der Waals surface area (Å²) in [6.45, 7) is 2.60. The van der Waals surface area contributed by atoms with E-state index in [-0.39, 0.29) is 11.4 Å². The molecule has 0 unspecified atom stereocenters. The quantitative estimate of drug-likeness (QED) is 0.415. The number of nitrogens with zero attached hydrogens (tertiary/aromatic N) is 3. The number of fused-ring (bicyclic) bond motifs is 1. The molecule has 2 aromatic carbocycles. The van der Waals surface area contributed by atoms with E-state index in [2.05, 4.69) is 25.5 Å². The van der Waals surface area contributed by atoms with Gasteiger partial charge in [0.2, 0.25) is 0 Å². The molecule has 0 bridgehead atoms. The van der Waals surface area contributed by atoms with Crippen molar-refractivity contribution in [2.75, 3.05) is 13.7 Å². The van der Waals surface area contributed by atoms with Gasteiger partial charge in [-0.15, -0.1) is 0 Å². The lowest BCUT2D eigenvalue weighted by molar-refractivity contribution is -0.137. The van der Waals surface area contributed by atoms with Crippen LogP contribution in [0.25, 0.3) is 11.4 Å². The van der Waals surface area contributed by atoms with Crippen molar-refractivity contribution in [3.8, 4) is 17.1 Å². The molecule has 0 radical (unpaired) electrons. The minimum atomic E-state index is -4.41. The third-order valence-corrected chi connectivity index (χ3v) is 6.45.